The van der Waals surface area contributed by atoms with Crippen LogP contribution >= 0.6 is 0 Å². The third-order valence-electron chi connectivity index (χ3n) is 3.78. The number of furan rings is 1. The fourth-order valence-corrected chi connectivity index (χ4v) is 2.53. The van der Waals surface area contributed by atoms with E-state index in [-0.39, 0.29) is 5.91 Å². The van der Waals surface area contributed by atoms with E-state index in [0.717, 1.165) is 35.7 Å². The molecule has 2 aromatic heterocycles. The largest absolute Gasteiger partial charge is 0.467 e. The van der Waals surface area contributed by atoms with Crippen LogP contribution in [0.15, 0.2) is 28.9 Å². The van der Waals surface area contributed by atoms with Gasteiger partial charge >= 0.3 is 0 Å². The summed E-state index contributed by atoms with van der Waals surface area (Å²) in [5.74, 6) is 0.886. The number of aromatic nitrogens is 1. The lowest BCUT2D eigenvalue weighted by Gasteiger charge is -2.10. The summed E-state index contributed by atoms with van der Waals surface area (Å²) in [6.07, 6.45) is 2.62. The van der Waals surface area contributed by atoms with E-state index in [0.29, 0.717) is 13.1 Å². The van der Waals surface area contributed by atoms with Gasteiger partial charge in [0.05, 0.1) is 18.4 Å². The summed E-state index contributed by atoms with van der Waals surface area (Å²) in [5, 5.41) is 2.99. The quantitative estimate of drug-likeness (QED) is 0.799. The Morgan fingerprint density at radius 1 is 1.36 bits per heavy atom. The summed E-state index contributed by atoms with van der Waals surface area (Å²) >= 11 is 0. The summed E-state index contributed by atoms with van der Waals surface area (Å²) in [6.45, 7) is 6.30. The maximum atomic E-state index is 12.3. The average Bonchev–Trinajstić information content (AvgIpc) is 3.07. The molecule has 0 fully saturated rings. The topological polar surface area (TPSA) is 50.4 Å². The van der Waals surface area contributed by atoms with Gasteiger partial charge in [-0.2, -0.15) is 0 Å². The number of aryl methyl sites for hydroxylation is 1. The first-order chi connectivity index (χ1) is 10.5. The van der Waals surface area contributed by atoms with Crippen molar-refractivity contribution in [3.8, 4) is 0 Å². The zero-order valence-corrected chi connectivity index (χ0v) is 13.8. The van der Waals surface area contributed by atoms with Crippen LogP contribution in [-0.4, -0.2) is 42.6 Å². The summed E-state index contributed by atoms with van der Waals surface area (Å²) in [7, 11) is 4.06. The van der Waals surface area contributed by atoms with Gasteiger partial charge in [-0.25, -0.2) is 0 Å². The molecule has 0 aliphatic heterocycles. The van der Waals surface area contributed by atoms with Crippen LogP contribution in [0.5, 0.6) is 0 Å². The molecule has 2 aromatic rings. The second-order valence-corrected chi connectivity index (χ2v) is 5.86. The van der Waals surface area contributed by atoms with Crippen molar-refractivity contribution in [3.63, 3.8) is 0 Å². The molecule has 0 aromatic carbocycles. The van der Waals surface area contributed by atoms with Crippen molar-refractivity contribution in [2.24, 2.45) is 0 Å². The second kappa shape index (κ2) is 7.31. The number of carbonyl (C=O) groups is 1. The first-order valence-corrected chi connectivity index (χ1v) is 7.61. The molecule has 0 radical (unpaired) electrons. The van der Waals surface area contributed by atoms with E-state index < -0.39 is 0 Å². The molecule has 5 heteroatoms. The lowest BCUT2D eigenvalue weighted by molar-refractivity contribution is 0.0951. The number of carbonyl (C=O) groups excluding carboxylic acids is 1. The minimum absolute atomic E-state index is 0.00227. The van der Waals surface area contributed by atoms with E-state index in [2.05, 4.69) is 14.8 Å². The molecule has 120 valence electrons. The predicted octanol–water partition coefficient (Wildman–Crippen LogP) is 2.43. The van der Waals surface area contributed by atoms with Crippen LogP contribution in [0.25, 0.3) is 0 Å². The zero-order chi connectivity index (χ0) is 16.1. The van der Waals surface area contributed by atoms with Crippen molar-refractivity contribution < 1.29 is 9.21 Å². The summed E-state index contributed by atoms with van der Waals surface area (Å²) < 4.78 is 7.50. The lowest BCUT2D eigenvalue weighted by Crippen LogP contribution is -2.27. The molecule has 0 saturated carbocycles. The van der Waals surface area contributed by atoms with E-state index in [1.807, 2.05) is 46.1 Å². The highest BCUT2D eigenvalue weighted by molar-refractivity contribution is 5.95. The minimum Gasteiger partial charge on any atom is -0.467 e. The average molecular weight is 303 g/mol. The van der Waals surface area contributed by atoms with Gasteiger partial charge in [-0.15, -0.1) is 0 Å². The number of nitrogens with one attached hydrogen (secondary N) is 1. The van der Waals surface area contributed by atoms with E-state index in [1.54, 1.807) is 6.26 Å². The number of hydrogen-bond acceptors (Lipinski definition) is 3. The number of amides is 1. The number of hydrogen-bond donors (Lipinski definition) is 1. The Kier molecular flexibility index (Phi) is 5.44. The third kappa shape index (κ3) is 4.01. The molecule has 0 bridgehead atoms. The summed E-state index contributed by atoms with van der Waals surface area (Å²) in [5.41, 5.74) is 2.78. The van der Waals surface area contributed by atoms with E-state index >= 15 is 0 Å². The fraction of sp³-hybridized carbons (Fsp3) is 0.471. The van der Waals surface area contributed by atoms with E-state index in [1.165, 1.54) is 0 Å². The molecule has 22 heavy (non-hydrogen) atoms. The minimum atomic E-state index is -0.00227. The Labute approximate surface area is 131 Å². The molecule has 0 spiro atoms. The third-order valence-corrected chi connectivity index (χ3v) is 3.78. The Balaban J connectivity index is 2.01. The van der Waals surface area contributed by atoms with Gasteiger partial charge in [0.25, 0.3) is 5.91 Å². The zero-order valence-electron chi connectivity index (χ0n) is 13.8. The number of rotatable bonds is 7. The van der Waals surface area contributed by atoms with Gasteiger partial charge < -0.3 is 19.2 Å². The van der Waals surface area contributed by atoms with Crippen LogP contribution in [0.1, 0.15) is 33.9 Å². The van der Waals surface area contributed by atoms with Crippen LogP contribution < -0.4 is 5.32 Å². The molecule has 2 heterocycles. The monoisotopic (exact) mass is 303 g/mol. The van der Waals surface area contributed by atoms with Crippen molar-refractivity contribution in [2.45, 2.75) is 26.8 Å². The van der Waals surface area contributed by atoms with Gasteiger partial charge in [-0.1, -0.05) is 0 Å². The maximum absolute atomic E-state index is 12.3. The van der Waals surface area contributed by atoms with Crippen LogP contribution in [0, 0.1) is 13.8 Å². The van der Waals surface area contributed by atoms with Crippen molar-refractivity contribution in [2.75, 3.05) is 27.2 Å². The summed E-state index contributed by atoms with van der Waals surface area (Å²) in [4.78, 5) is 14.4. The fourth-order valence-electron chi connectivity index (χ4n) is 2.53. The lowest BCUT2D eigenvalue weighted by atomic mass is 10.2. The molecule has 0 unspecified atom stereocenters. The van der Waals surface area contributed by atoms with Gasteiger partial charge in [-0.3, -0.25) is 4.79 Å². The number of nitrogens with zero attached hydrogens (tertiary/aromatic N) is 2. The Hall–Kier alpha value is -2.01. The highest BCUT2D eigenvalue weighted by Gasteiger charge is 2.16. The highest BCUT2D eigenvalue weighted by atomic mass is 16.3. The van der Waals surface area contributed by atoms with Crippen molar-refractivity contribution >= 4 is 5.91 Å². The predicted molar refractivity (Wildman–Crippen MR) is 87.2 cm³/mol. The van der Waals surface area contributed by atoms with Crippen molar-refractivity contribution in [1.29, 1.82) is 0 Å². The maximum Gasteiger partial charge on any atom is 0.253 e. The first kappa shape index (κ1) is 16.4. The van der Waals surface area contributed by atoms with Gasteiger partial charge in [0.1, 0.15) is 5.76 Å². The normalized spacial score (nSPS) is 11.1. The first-order valence-electron chi connectivity index (χ1n) is 7.61. The van der Waals surface area contributed by atoms with Crippen molar-refractivity contribution in [1.82, 2.24) is 14.8 Å². The van der Waals surface area contributed by atoms with Crippen LogP contribution in [-0.2, 0) is 6.54 Å². The molecule has 0 aliphatic rings. The van der Waals surface area contributed by atoms with E-state index in [9.17, 15) is 4.79 Å². The molecule has 1 amide bonds. The summed E-state index contributed by atoms with van der Waals surface area (Å²) in [6, 6.07) is 5.77. The molecule has 0 aliphatic carbocycles. The highest BCUT2D eigenvalue weighted by Crippen LogP contribution is 2.17. The molecule has 0 saturated heterocycles. The van der Waals surface area contributed by atoms with Gasteiger partial charge in [-0.05, 0) is 59.1 Å². The Morgan fingerprint density at radius 3 is 2.77 bits per heavy atom. The van der Waals surface area contributed by atoms with Gasteiger partial charge in [0.15, 0.2) is 0 Å². The molecular formula is C17H25N3O2. The SMILES string of the molecule is Cc1cc(C(=O)NCCCN(C)C)c(C)n1Cc1ccco1. The van der Waals surface area contributed by atoms with Crippen LogP contribution in [0.2, 0.25) is 0 Å². The molecule has 5 nitrogen and oxygen atoms in total. The van der Waals surface area contributed by atoms with Crippen LogP contribution in [0.4, 0.5) is 0 Å². The van der Waals surface area contributed by atoms with E-state index in [4.69, 9.17) is 4.42 Å². The second-order valence-electron chi connectivity index (χ2n) is 5.86. The Morgan fingerprint density at radius 2 is 2.14 bits per heavy atom. The van der Waals surface area contributed by atoms with Crippen molar-refractivity contribution in [3.05, 3.63) is 47.2 Å². The molecular weight excluding hydrogens is 278 g/mol. The Bertz CT molecular complexity index is 612. The molecule has 0 atom stereocenters. The van der Waals surface area contributed by atoms with Gasteiger partial charge in [0.2, 0.25) is 0 Å². The van der Waals surface area contributed by atoms with Gasteiger partial charge in [0, 0.05) is 17.9 Å². The van der Waals surface area contributed by atoms with Crippen LogP contribution in [0.3, 0.4) is 0 Å². The smallest absolute Gasteiger partial charge is 0.253 e. The molecule has 1 N–H and O–H groups in total. The standard InChI is InChI=1S/C17H25N3O2/c1-13-11-16(17(21)18-8-6-9-19(3)4)14(2)20(13)12-15-7-5-10-22-15/h5,7,10-11H,6,8-9,12H2,1-4H3,(H,18,21). The molecule has 2 rings (SSSR count).